The van der Waals surface area contributed by atoms with Gasteiger partial charge in [0.1, 0.15) is 0 Å². The standard InChI is InChI=1S/C17H22N2O/c1-2-19-17(13-7-9-20-10-8-13)16-12-18-11-14-5-3-4-6-15(14)16/h3-6,11-13,17,19H,2,7-10H2,1H3. The molecule has 1 atom stereocenters. The molecule has 3 rings (SSSR count). The average Bonchev–Trinajstić information content (AvgIpc) is 2.53. The number of hydrogen-bond donors (Lipinski definition) is 1. The minimum absolute atomic E-state index is 0.377. The van der Waals surface area contributed by atoms with Crippen LogP contribution in [0.25, 0.3) is 10.8 Å². The molecular formula is C17H22N2O. The van der Waals surface area contributed by atoms with E-state index in [1.807, 2.05) is 12.4 Å². The predicted molar refractivity (Wildman–Crippen MR) is 81.7 cm³/mol. The first-order valence-electron chi connectivity index (χ1n) is 7.54. The van der Waals surface area contributed by atoms with Gasteiger partial charge in [-0.05, 0) is 36.3 Å². The summed E-state index contributed by atoms with van der Waals surface area (Å²) >= 11 is 0. The van der Waals surface area contributed by atoms with Crippen molar-refractivity contribution in [2.75, 3.05) is 19.8 Å². The summed E-state index contributed by atoms with van der Waals surface area (Å²) in [4.78, 5) is 4.44. The second-order valence-corrected chi connectivity index (χ2v) is 5.44. The fraction of sp³-hybridized carbons (Fsp3) is 0.471. The summed E-state index contributed by atoms with van der Waals surface area (Å²) in [6.07, 6.45) is 6.23. The average molecular weight is 270 g/mol. The van der Waals surface area contributed by atoms with Crippen LogP contribution in [0.1, 0.15) is 31.4 Å². The van der Waals surface area contributed by atoms with Gasteiger partial charge in [-0.1, -0.05) is 31.2 Å². The highest BCUT2D eigenvalue weighted by Crippen LogP contribution is 2.33. The first-order chi connectivity index (χ1) is 9.90. The molecule has 1 N–H and O–H groups in total. The van der Waals surface area contributed by atoms with E-state index in [0.29, 0.717) is 12.0 Å². The summed E-state index contributed by atoms with van der Waals surface area (Å²) in [5.41, 5.74) is 1.33. The molecule has 0 saturated carbocycles. The number of nitrogens with one attached hydrogen (secondary N) is 1. The molecular weight excluding hydrogens is 248 g/mol. The topological polar surface area (TPSA) is 34.2 Å². The summed E-state index contributed by atoms with van der Waals surface area (Å²) < 4.78 is 5.51. The van der Waals surface area contributed by atoms with E-state index in [1.165, 1.54) is 16.3 Å². The molecule has 0 aliphatic carbocycles. The number of nitrogens with zero attached hydrogens (tertiary/aromatic N) is 1. The minimum atomic E-state index is 0.377. The molecule has 0 bridgehead atoms. The van der Waals surface area contributed by atoms with E-state index in [2.05, 4.69) is 41.5 Å². The van der Waals surface area contributed by atoms with E-state index in [-0.39, 0.29) is 0 Å². The van der Waals surface area contributed by atoms with Gasteiger partial charge in [-0.3, -0.25) is 4.98 Å². The van der Waals surface area contributed by atoms with Crippen molar-refractivity contribution in [3.05, 3.63) is 42.2 Å². The molecule has 20 heavy (non-hydrogen) atoms. The molecule has 1 fully saturated rings. The molecule has 0 spiro atoms. The molecule has 1 unspecified atom stereocenters. The van der Waals surface area contributed by atoms with Gasteiger partial charge in [0.25, 0.3) is 0 Å². The van der Waals surface area contributed by atoms with Crippen LogP contribution < -0.4 is 5.32 Å². The summed E-state index contributed by atoms with van der Waals surface area (Å²) in [6, 6.07) is 8.90. The van der Waals surface area contributed by atoms with E-state index in [9.17, 15) is 0 Å². The Morgan fingerprint density at radius 1 is 1.25 bits per heavy atom. The van der Waals surface area contributed by atoms with Crippen molar-refractivity contribution < 1.29 is 4.74 Å². The molecule has 3 nitrogen and oxygen atoms in total. The van der Waals surface area contributed by atoms with Gasteiger partial charge in [0.2, 0.25) is 0 Å². The number of ether oxygens (including phenoxy) is 1. The first-order valence-corrected chi connectivity index (χ1v) is 7.54. The van der Waals surface area contributed by atoms with Gasteiger partial charge in [0.15, 0.2) is 0 Å². The Balaban J connectivity index is 2.00. The summed E-state index contributed by atoms with van der Waals surface area (Å²) in [6.45, 7) is 4.91. The number of benzene rings is 1. The molecule has 2 aromatic rings. The lowest BCUT2D eigenvalue weighted by Crippen LogP contribution is -2.32. The molecule has 1 aliphatic heterocycles. The van der Waals surface area contributed by atoms with Crippen LogP contribution in [0.5, 0.6) is 0 Å². The zero-order chi connectivity index (χ0) is 13.8. The lowest BCUT2D eigenvalue weighted by molar-refractivity contribution is 0.0539. The van der Waals surface area contributed by atoms with Crippen molar-refractivity contribution in [1.82, 2.24) is 10.3 Å². The second kappa shape index (κ2) is 6.33. The zero-order valence-electron chi connectivity index (χ0n) is 12.0. The highest BCUT2D eigenvalue weighted by Gasteiger charge is 2.26. The van der Waals surface area contributed by atoms with Crippen LogP contribution in [-0.2, 0) is 4.74 Å². The third kappa shape index (κ3) is 2.69. The van der Waals surface area contributed by atoms with Crippen LogP contribution in [0.2, 0.25) is 0 Å². The van der Waals surface area contributed by atoms with Gasteiger partial charge in [-0.2, -0.15) is 0 Å². The van der Waals surface area contributed by atoms with Crippen LogP contribution in [0.3, 0.4) is 0 Å². The Morgan fingerprint density at radius 2 is 2.05 bits per heavy atom. The van der Waals surface area contributed by atoms with Gasteiger partial charge in [0.05, 0.1) is 0 Å². The molecule has 2 heterocycles. The molecule has 3 heteroatoms. The molecule has 0 radical (unpaired) electrons. The Hall–Kier alpha value is -1.45. The van der Waals surface area contributed by atoms with Crippen molar-refractivity contribution in [3.63, 3.8) is 0 Å². The van der Waals surface area contributed by atoms with Crippen LogP contribution in [0, 0.1) is 5.92 Å². The van der Waals surface area contributed by atoms with Crippen molar-refractivity contribution in [2.24, 2.45) is 5.92 Å². The highest BCUT2D eigenvalue weighted by molar-refractivity contribution is 5.85. The zero-order valence-corrected chi connectivity index (χ0v) is 12.0. The summed E-state index contributed by atoms with van der Waals surface area (Å²) in [7, 11) is 0. The molecule has 1 saturated heterocycles. The van der Waals surface area contributed by atoms with E-state index in [0.717, 1.165) is 32.6 Å². The second-order valence-electron chi connectivity index (χ2n) is 5.44. The lowest BCUT2D eigenvalue weighted by atomic mass is 9.86. The summed E-state index contributed by atoms with van der Waals surface area (Å²) in [5, 5.41) is 6.21. The van der Waals surface area contributed by atoms with Gasteiger partial charge in [-0.15, -0.1) is 0 Å². The summed E-state index contributed by atoms with van der Waals surface area (Å²) in [5.74, 6) is 0.635. The molecule has 1 aromatic heterocycles. The van der Waals surface area contributed by atoms with Gasteiger partial charge in [0, 0.05) is 37.0 Å². The van der Waals surface area contributed by atoms with E-state index in [4.69, 9.17) is 4.74 Å². The number of rotatable bonds is 4. The van der Waals surface area contributed by atoms with Gasteiger partial charge >= 0.3 is 0 Å². The Labute approximate surface area is 120 Å². The number of pyridine rings is 1. The lowest BCUT2D eigenvalue weighted by Gasteiger charge is -2.31. The van der Waals surface area contributed by atoms with E-state index in [1.54, 1.807) is 0 Å². The Morgan fingerprint density at radius 3 is 2.85 bits per heavy atom. The molecule has 1 aliphatic rings. The van der Waals surface area contributed by atoms with Crippen molar-refractivity contribution in [2.45, 2.75) is 25.8 Å². The molecule has 1 aromatic carbocycles. The quantitative estimate of drug-likeness (QED) is 0.925. The van der Waals surface area contributed by atoms with Gasteiger partial charge < -0.3 is 10.1 Å². The maximum atomic E-state index is 5.51. The highest BCUT2D eigenvalue weighted by atomic mass is 16.5. The Kier molecular flexibility index (Phi) is 4.28. The fourth-order valence-corrected chi connectivity index (χ4v) is 3.19. The minimum Gasteiger partial charge on any atom is -0.381 e. The number of hydrogen-bond acceptors (Lipinski definition) is 3. The third-order valence-corrected chi connectivity index (χ3v) is 4.20. The maximum Gasteiger partial charge on any atom is 0.0469 e. The van der Waals surface area contributed by atoms with Crippen molar-refractivity contribution in [1.29, 1.82) is 0 Å². The van der Waals surface area contributed by atoms with Crippen LogP contribution in [0.4, 0.5) is 0 Å². The normalized spacial score (nSPS) is 18.2. The van der Waals surface area contributed by atoms with Crippen molar-refractivity contribution >= 4 is 10.8 Å². The third-order valence-electron chi connectivity index (χ3n) is 4.20. The SMILES string of the molecule is CCNC(c1cncc2ccccc12)C1CCOCC1. The monoisotopic (exact) mass is 270 g/mol. The van der Waals surface area contributed by atoms with Crippen LogP contribution >= 0.6 is 0 Å². The van der Waals surface area contributed by atoms with Crippen LogP contribution in [0.15, 0.2) is 36.7 Å². The first kappa shape index (κ1) is 13.5. The van der Waals surface area contributed by atoms with E-state index < -0.39 is 0 Å². The smallest absolute Gasteiger partial charge is 0.0469 e. The maximum absolute atomic E-state index is 5.51. The largest absolute Gasteiger partial charge is 0.381 e. The predicted octanol–water partition coefficient (Wildman–Crippen LogP) is 3.31. The molecule has 106 valence electrons. The van der Waals surface area contributed by atoms with Crippen LogP contribution in [-0.4, -0.2) is 24.7 Å². The number of fused-ring (bicyclic) bond motifs is 1. The van der Waals surface area contributed by atoms with Gasteiger partial charge in [-0.25, -0.2) is 0 Å². The van der Waals surface area contributed by atoms with E-state index >= 15 is 0 Å². The van der Waals surface area contributed by atoms with Crippen molar-refractivity contribution in [3.8, 4) is 0 Å². The molecule has 0 amide bonds. The Bertz CT molecular complexity index is 558. The fourth-order valence-electron chi connectivity index (χ4n) is 3.19. The number of aromatic nitrogens is 1.